The van der Waals surface area contributed by atoms with Crippen molar-refractivity contribution in [3.05, 3.63) is 29.2 Å². The molecule has 2 aromatic rings. The van der Waals surface area contributed by atoms with E-state index in [9.17, 15) is 0 Å². The monoisotopic (exact) mass is 220 g/mol. The SMILES string of the molecule is Cc1cc(C)c2oc(COCCN)nc2c1. The van der Waals surface area contributed by atoms with Crippen LogP contribution in [0, 0.1) is 13.8 Å². The van der Waals surface area contributed by atoms with E-state index >= 15 is 0 Å². The minimum absolute atomic E-state index is 0.379. The third-order valence-electron chi connectivity index (χ3n) is 2.35. The molecule has 4 nitrogen and oxygen atoms in total. The van der Waals surface area contributed by atoms with Crippen LogP contribution in [0.15, 0.2) is 16.5 Å². The number of nitrogens with two attached hydrogens (primary N) is 1. The number of rotatable bonds is 4. The highest BCUT2D eigenvalue weighted by Gasteiger charge is 2.08. The van der Waals surface area contributed by atoms with Gasteiger partial charge in [0.05, 0.1) is 6.61 Å². The van der Waals surface area contributed by atoms with Crippen molar-refractivity contribution >= 4 is 11.1 Å². The molecule has 0 saturated carbocycles. The van der Waals surface area contributed by atoms with Crippen LogP contribution in [0.1, 0.15) is 17.0 Å². The summed E-state index contributed by atoms with van der Waals surface area (Å²) in [5.41, 5.74) is 9.36. The Morgan fingerprint density at radius 1 is 1.38 bits per heavy atom. The van der Waals surface area contributed by atoms with Gasteiger partial charge in [0.2, 0.25) is 5.89 Å². The average molecular weight is 220 g/mol. The quantitative estimate of drug-likeness (QED) is 0.800. The van der Waals surface area contributed by atoms with Gasteiger partial charge in [-0.1, -0.05) is 6.07 Å². The van der Waals surface area contributed by atoms with Crippen molar-refractivity contribution in [3.63, 3.8) is 0 Å². The van der Waals surface area contributed by atoms with Crippen LogP contribution in [0.2, 0.25) is 0 Å². The summed E-state index contributed by atoms with van der Waals surface area (Å²) in [7, 11) is 0. The molecule has 86 valence electrons. The maximum Gasteiger partial charge on any atom is 0.221 e. The number of aryl methyl sites for hydroxylation is 2. The summed E-state index contributed by atoms with van der Waals surface area (Å²) in [6.45, 7) is 5.48. The molecule has 0 saturated heterocycles. The van der Waals surface area contributed by atoms with Crippen LogP contribution in [0.3, 0.4) is 0 Å². The first-order valence-electron chi connectivity index (χ1n) is 5.35. The van der Waals surface area contributed by atoms with E-state index in [1.165, 1.54) is 5.56 Å². The number of oxazole rings is 1. The highest BCUT2D eigenvalue weighted by Crippen LogP contribution is 2.21. The summed E-state index contributed by atoms with van der Waals surface area (Å²) in [5.74, 6) is 0.608. The van der Waals surface area contributed by atoms with Gasteiger partial charge in [-0.15, -0.1) is 0 Å². The predicted molar refractivity (Wildman–Crippen MR) is 62.2 cm³/mol. The Hall–Kier alpha value is -1.39. The molecule has 0 aliphatic heterocycles. The van der Waals surface area contributed by atoms with Crippen molar-refractivity contribution in [2.75, 3.05) is 13.2 Å². The Balaban J connectivity index is 2.26. The van der Waals surface area contributed by atoms with Crippen LogP contribution in [0.4, 0.5) is 0 Å². The lowest BCUT2D eigenvalue weighted by Gasteiger charge is -1.96. The van der Waals surface area contributed by atoms with Crippen molar-refractivity contribution in [2.45, 2.75) is 20.5 Å². The molecule has 0 aliphatic rings. The number of nitrogens with zero attached hydrogens (tertiary/aromatic N) is 1. The van der Waals surface area contributed by atoms with E-state index in [-0.39, 0.29) is 0 Å². The number of hydrogen-bond donors (Lipinski definition) is 1. The lowest BCUT2D eigenvalue weighted by Crippen LogP contribution is -2.08. The largest absolute Gasteiger partial charge is 0.438 e. The summed E-state index contributed by atoms with van der Waals surface area (Å²) < 4.78 is 10.9. The standard InChI is InChI=1S/C12H16N2O2/c1-8-5-9(2)12-10(6-8)14-11(16-12)7-15-4-3-13/h5-6H,3-4,7,13H2,1-2H3. The van der Waals surface area contributed by atoms with E-state index in [1.807, 2.05) is 19.9 Å². The van der Waals surface area contributed by atoms with Crippen LogP contribution >= 0.6 is 0 Å². The second-order valence-corrected chi connectivity index (χ2v) is 3.88. The first kappa shape index (κ1) is 11.1. The maximum atomic E-state index is 5.62. The number of ether oxygens (including phenoxy) is 1. The topological polar surface area (TPSA) is 61.3 Å². The fourth-order valence-corrected chi connectivity index (χ4v) is 1.73. The van der Waals surface area contributed by atoms with Crippen LogP contribution in [-0.2, 0) is 11.3 Å². The minimum atomic E-state index is 0.379. The van der Waals surface area contributed by atoms with E-state index in [0.29, 0.717) is 25.6 Å². The number of benzene rings is 1. The zero-order chi connectivity index (χ0) is 11.5. The molecule has 1 heterocycles. The molecular weight excluding hydrogens is 204 g/mol. The molecule has 0 spiro atoms. The summed E-state index contributed by atoms with van der Waals surface area (Å²) in [4.78, 5) is 4.37. The summed E-state index contributed by atoms with van der Waals surface area (Å²) >= 11 is 0. The van der Waals surface area contributed by atoms with Crippen LogP contribution in [0.25, 0.3) is 11.1 Å². The first-order valence-corrected chi connectivity index (χ1v) is 5.35. The van der Waals surface area contributed by atoms with E-state index in [1.54, 1.807) is 0 Å². The van der Waals surface area contributed by atoms with Gasteiger partial charge in [-0.3, -0.25) is 0 Å². The van der Waals surface area contributed by atoms with E-state index < -0.39 is 0 Å². The molecule has 1 aromatic heterocycles. The van der Waals surface area contributed by atoms with Crippen molar-refractivity contribution in [1.82, 2.24) is 4.98 Å². The lowest BCUT2D eigenvalue weighted by atomic mass is 10.1. The molecule has 0 bridgehead atoms. The highest BCUT2D eigenvalue weighted by atomic mass is 16.5. The van der Waals surface area contributed by atoms with Gasteiger partial charge in [0, 0.05) is 6.54 Å². The summed E-state index contributed by atoms with van der Waals surface area (Å²) in [6, 6.07) is 4.09. The highest BCUT2D eigenvalue weighted by molar-refractivity contribution is 5.77. The second-order valence-electron chi connectivity index (χ2n) is 3.88. The smallest absolute Gasteiger partial charge is 0.221 e. The minimum Gasteiger partial charge on any atom is -0.438 e. The van der Waals surface area contributed by atoms with E-state index in [4.69, 9.17) is 14.9 Å². The molecule has 2 N–H and O–H groups in total. The van der Waals surface area contributed by atoms with Gasteiger partial charge in [0.15, 0.2) is 5.58 Å². The number of hydrogen-bond acceptors (Lipinski definition) is 4. The number of aromatic nitrogens is 1. The number of fused-ring (bicyclic) bond motifs is 1. The zero-order valence-electron chi connectivity index (χ0n) is 9.62. The molecule has 2 rings (SSSR count). The molecular formula is C12H16N2O2. The van der Waals surface area contributed by atoms with Crippen LogP contribution < -0.4 is 5.73 Å². The van der Waals surface area contributed by atoms with Gasteiger partial charge >= 0.3 is 0 Å². The van der Waals surface area contributed by atoms with Gasteiger partial charge in [-0.2, -0.15) is 0 Å². The van der Waals surface area contributed by atoms with Crippen LogP contribution in [0.5, 0.6) is 0 Å². The Kier molecular flexibility index (Phi) is 3.22. The van der Waals surface area contributed by atoms with Crippen molar-refractivity contribution in [2.24, 2.45) is 5.73 Å². The predicted octanol–water partition coefficient (Wildman–Crippen LogP) is 1.92. The van der Waals surface area contributed by atoms with Crippen LogP contribution in [-0.4, -0.2) is 18.1 Å². The summed E-state index contributed by atoms with van der Waals surface area (Å²) in [5, 5.41) is 0. The first-order chi connectivity index (χ1) is 7.70. The molecule has 0 unspecified atom stereocenters. The van der Waals surface area contributed by atoms with E-state index in [0.717, 1.165) is 16.7 Å². The van der Waals surface area contributed by atoms with Gasteiger partial charge < -0.3 is 14.9 Å². The molecule has 0 fully saturated rings. The fraction of sp³-hybridized carbons (Fsp3) is 0.417. The van der Waals surface area contributed by atoms with Gasteiger partial charge in [-0.05, 0) is 31.0 Å². The maximum absolute atomic E-state index is 5.62. The van der Waals surface area contributed by atoms with E-state index in [2.05, 4.69) is 11.1 Å². The fourth-order valence-electron chi connectivity index (χ4n) is 1.73. The second kappa shape index (κ2) is 4.63. The molecule has 4 heteroatoms. The third-order valence-corrected chi connectivity index (χ3v) is 2.35. The van der Waals surface area contributed by atoms with Gasteiger partial charge in [-0.25, -0.2) is 4.98 Å². The molecule has 0 radical (unpaired) electrons. The Morgan fingerprint density at radius 3 is 2.94 bits per heavy atom. The zero-order valence-corrected chi connectivity index (χ0v) is 9.62. The van der Waals surface area contributed by atoms with Crippen molar-refractivity contribution in [3.8, 4) is 0 Å². The normalized spacial score (nSPS) is 11.2. The van der Waals surface area contributed by atoms with Gasteiger partial charge in [0.25, 0.3) is 0 Å². The molecule has 0 atom stereocenters. The average Bonchev–Trinajstić information content (AvgIpc) is 2.61. The third kappa shape index (κ3) is 2.23. The van der Waals surface area contributed by atoms with Crippen molar-refractivity contribution < 1.29 is 9.15 Å². The molecule has 0 aliphatic carbocycles. The Labute approximate surface area is 94.4 Å². The van der Waals surface area contributed by atoms with Gasteiger partial charge in [0.1, 0.15) is 12.1 Å². The summed E-state index contributed by atoms with van der Waals surface area (Å²) in [6.07, 6.45) is 0. The lowest BCUT2D eigenvalue weighted by molar-refractivity contribution is 0.110. The molecule has 16 heavy (non-hydrogen) atoms. The Morgan fingerprint density at radius 2 is 2.19 bits per heavy atom. The van der Waals surface area contributed by atoms with Crippen molar-refractivity contribution in [1.29, 1.82) is 0 Å². The molecule has 0 amide bonds. The molecule has 1 aromatic carbocycles. The Bertz CT molecular complexity index is 491.